The summed E-state index contributed by atoms with van der Waals surface area (Å²) < 4.78 is 0. The lowest BCUT2D eigenvalue weighted by atomic mass is 10.1. The van der Waals surface area contributed by atoms with Gasteiger partial charge in [0.2, 0.25) is 0 Å². The minimum Gasteiger partial charge on any atom is -0.350 e. The van der Waals surface area contributed by atoms with Crippen molar-refractivity contribution >= 4 is 46.1 Å². The lowest BCUT2D eigenvalue weighted by Crippen LogP contribution is -2.34. The smallest absolute Gasteiger partial charge is 0.270 e. The predicted molar refractivity (Wildman–Crippen MR) is 126 cm³/mol. The van der Waals surface area contributed by atoms with Gasteiger partial charge in [-0.15, -0.1) is 11.3 Å². The molecule has 0 aliphatic heterocycles. The molecule has 166 valence electrons. The molecule has 0 saturated carbocycles. The first-order chi connectivity index (χ1) is 15.3. The van der Waals surface area contributed by atoms with Crippen LogP contribution in [-0.4, -0.2) is 42.3 Å². The predicted octanol–water partition coefficient (Wildman–Crippen LogP) is 4.59. The Labute approximate surface area is 194 Å². The quantitative estimate of drug-likeness (QED) is 0.368. The number of anilines is 1. The summed E-state index contributed by atoms with van der Waals surface area (Å²) in [6.45, 7) is 0.392. The molecule has 3 rings (SSSR count). The van der Waals surface area contributed by atoms with E-state index in [1.165, 1.54) is 12.1 Å². The number of nitrogens with one attached hydrogen (secondary N) is 2. The van der Waals surface area contributed by atoms with Gasteiger partial charge in [-0.1, -0.05) is 29.8 Å². The fraction of sp³-hybridized carbons (Fsp3) is 0.182. The van der Waals surface area contributed by atoms with Crippen LogP contribution in [-0.2, 0) is 0 Å². The normalized spacial score (nSPS) is 11.8. The molecule has 3 aromatic rings. The summed E-state index contributed by atoms with van der Waals surface area (Å²) >= 11 is 7.67. The van der Waals surface area contributed by atoms with Crippen molar-refractivity contribution in [2.24, 2.45) is 0 Å². The van der Waals surface area contributed by atoms with Gasteiger partial charge in [0, 0.05) is 23.6 Å². The largest absolute Gasteiger partial charge is 0.350 e. The zero-order valence-corrected chi connectivity index (χ0v) is 18.9. The van der Waals surface area contributed by atoms with Crippen molar-refractivity contribution in [3.63, 3.8) is 0 Å². The number of hydrogen-bond donors (Lipinski definition) is 2. The second-order valence-electron chi connectivity index (χ2n) is 7.13. The van der Waals surface area contributed by atoms with E-state index in [1.807, 2.05) is 36.5 Å². The van der Waals surface area contributed by atoms with Crippen molar-refractivity contribution in [2.75, 3.05) is 26.0 Å². The van der Waals surface area contributed by atoms with E-state index >= 15 is 0 Å². The second kappa shape index (κ2) is 10.4. The van der Waals surface area contributed by atoms with Crippen molar-refractivity contribution in [3.05, 3.63) is 91.1 Å². The Morgan fingerprint density at radius 3 is 2.47 bits per heavy atom. The van der Waals surface area contributed by atoms with Crippen molar-refractivity contribution < 1.29 is 14.5 Å². The number of para-hydroxylation sites is 1. The van der Waals surface area contributed by atoms with Crippen LogP contribution in [0.5, 0.6) is 0 Å². The van der Waals surface area contributed by atoms with E-state index < -0.39 is 10.8 Å². The number of likely N-dealkylation sites (N-methyl/N-ethyl adjacent to an activating group) is 1. The maximum Gasteiger partial charge on any atom is 0.270 e. The first kappa shape index (κ1) is 23.4. The Morgan fingerprint density at radius 1 is 1.09 bits per heavy atom. The summed E-state index contributed by atoms with van der Waals surface area (Å²) in [5.41, 5.74) is 0.454. The zero-order chi connectivity index (χ0) is 23.3. The van der Waals surface area contributed by atoms with Gasteiger partial charge in [0.05, 0.1) is 32.8 Å². The fourth-order valence-electron chi connectivity index (χ4n) is 3.08. The van der Waals surface area contributed by atoms with Crippen LogP contribution in [0.1, 0.15) is 31.6 Å². The molecule has 8 nitrogen and oxygen atoms in total. The topological polar surface area (TPSA) is 105 Å². The average Bonchev–Trinajstić information content (AvgIpc) is 3.28. The van der Waals surface area contributed by atoms with E-state index in [0.29, 0.717) is 17.8 Å². The summed E-state index contributed by atoms with van der Waals surface area (Å²) in [5, 5.41) is 18.4. The summed E-state index contributed by atoms with van der Waals surface area (Å²) in [5.74, 6) is -0.908. The molecule has 0 aliphatic carbocycles. The van der Waals surface area contributed by atoms with Crippen molar-refractivity contribution in [3.8, 4) is 0 Å². The molecule has 0 spiro atoms. The van der Waals surface area contributed by atoms with Gasteiger partial charge in [-0.3, -0.25) is 19.7 Å². The lowest BCUT2D eigenvalue weighted by Gasteiger charge is -2.23. The summed E-state index contributed by atoms with van der Waals surface area (Å²) in [6.07, 6.45) is 0. The van der Waals surface area contributed by atoms with E-state index in [-0.39, 0.29) is 28.2 Å². The second-order valence-corrected chi connectivity index (χ2v) is 8.51. The maximum atomic E-state index is 12.9. The molecule has 0 radical (unpaired) electrons. The number of nitro benzene ring substituents is 1. The van der Waals surface area contributed by atoms with Gasteiger partial charge < -0.3 is 15.5 Å². The number of non-ortho nitro benzene ring substituents is 1. The van der Waals surface area contributed by atoms with Gasteiger partial charge in [0.1, 0.15) is 0 Å². The first-order valence-corrected chi connectivity index (χ1v) is 10.9. The van der Waals surface area contributed by atoms with Gasteiger partial charge in [-0.05, 0) is 43.7 Å². The average molecular weight is 473 g/mol. The van der Waals surface area contributed by atoms with Crippen LogP contribution in [0.4, 0.5) is 11.4 Å². The molecule has 0 fully saturated rings. The van der Waals surface area contributed by atoms with Gasteiger partial charge >= 0.3 is 0 Å². The third-order valence-corrected chi connectivity index (χ3v) is 6.07. The van der Waals surface area contributed by atoms with Crippen molar-refractivity contribution in [1.29, 1.82) is 0 Å². The number of nitro groups is 1. The van der Waals surface area contributed by atoms with Crippen LogP contribution in [0.15, 0.2) is 60.0 Å². The SMILES string of the molecule is CN(C)C(CNC(=O)c1ccccc1NC(=O)c1ccc([N+](=O)[O-])cc1Cl)c1cccs1. The Morgan fingerprint density at radius 2 is 1.84 bits per heavy atom. The molecule has 1 atom stereocenters. The minimum absolute atomic E-state index is 0.0135. The molecule has 0 aliphatic rings. The number of amides is 2. The molecule has 1 unspecified atom stereocenters. The third-order valence-electron chi connectivity index (χ3n) is 4.78. The maximum absolute atomic E-state index is 12.9. The van der Waals surface area contributed by atoms with Gasteiger partial charge in [0.25, 0.3) is 17.5 Å². The highest BCUT2D eigenvalue weighted by atomic mass is 35.5. The van der Waals surface area contributed by atoms with E-state index in [9.17, 15) is 19.7 Å². The molecule has 2 aromatic carbocycles. The molecule has 1 aromatic heterocycles. The number of benzene rings is 2. The third kappa shape index (κ3) is 5.50. The minimum atomic E-state index is -0.593. The molecule has 32 heavy (non-hydrogen) atoms. The standard InChI is InChI=1S/C22H21ClN4O4S/c1-26(2)19(20-8-5-11-32-20)13-24-21(28)16-6-3-4-7-18(16)25-22(29)15-10-9-14(27(30)31)12-17(15)23/h3-12,19H,13H2,1-2H3,(H,24,28)(H,25,29). The van der Waals surface area contributed by atoms with Crippen LogP contribution in [0.3, 0.4) is 0 Å². The number of rotatable bonds is 8. The number of nitrogens with zero attached hydrogens (tertiary/aromatic N) is 2. The number of carbonyl (C=O) groups excluding carboxylic acids is 2. The van der Waals surface area contributed by atoms with Crippen LogP contribution in [0.25, 0.3) is 0 Å². The molecule has 10 heteroatoms. The van der Waals surface area contributed by atoms with Crippen LogP contribution in [0.2, 0.25) is 5.02 Å². The Kier molecular flexibility index (Phi) is 7.57. The number of carbonyl (C=O) groups is 2. The van der Waals surface area contributed by atoms with E-state index in [2.05, 4.69) is 10.6 Å². The summed E-state index contributed by atoms with van der Waals surface area (Å²) in [6, 6.07) is 14.2. The molecular formula is C22H21ClN4O4S. The molecule has 0 saturated heterocycles. The summed E-state index contributed by atoms with van der Waals surface area (Å²) in [7, 11) is 3.89. The number of thiophene rings is 1. The van der Waals surface area contributed by atoms with Crippen LogP contribution in [0, 0.1) is 10.1 Å². The molecular weight excluding hydrogens is 452 g/mol. The van der Waals surface area contributed by atoms with Gasteiger partial charge in [-0.25, -0.2) is 0 Å². The molecule has 2 amide bonds. The van der Waals surface area contributed by atoms with Crippen molar-refractivity contribution in [1.82, 2.24) is 10.2 Å². The van der Waals surface area contributed by atoms with Crippen LogP contribution >= 0.6 is 22.9 Å². The number of halogens is 1. The van der Waals surface area contributed by atoms with E-state index in [0.717, 1.165) is 10.9 Å². The number of hydrogen-bond acceptors (Lipinski definition) is 6. The monoisotopic (exact) mass is 472 g/mol. The summed E-state index contributed by atoms with van der Waals surface area (Å²) in [4.78, 5) is 39.0. The Hall–Kier alpha value is -3.27. The lowest BCUT2D eigenvalue weighted by molar-refractivity contribution is -0.384. The molecule has 0 bridgehead atoms. The Balaban J connectivity index is 1.75. The highest BCUT2D eigenvalue weighted by Gasteiger charge is 2.20. The highest BCUT2D eigenvalue weighted by molar-refractivity contribution is 7.10. The Bertz CT molecular complexity index is 1130. The van der Waals surface area contributed by atoms with E-state index in [1.54, 1.807) is 35.6 Å². The molecule has 2 N–H and O–H groups in total. The van der Waals surface area contributed by atoms with E-state index in [4.69, 9.17) is 11.6 Å². The van der Waals surface area contributed by atoms with Crippen LogP contribution < -0.4 is 10.6 Å². The highest BCUT2D eigenvalue weighted by Crippen LogP contribution is 2.25. The fourth-order valence-corrected chi connectivity index (χ4v) is 4.27. The van der Waals surface area contributed by atoms with Gasteiger partial charge in [-0.2, -0.15) is 0 Å². The molecule has 1 heterocycles. The first-order valence-electron chi connectivity index (χ1n) is 9.60. The zero-order valence-electron chi connectivity index (χ0n) is 17.4. The van der Waals surface area contributed by atoms with Crippen molar-refractivity contribution in [2.45, 2.75) is 6.04 Å². The van der Waals surface area contributed by atoms with Gasteiger partial charge in [0.15, 0.2) is 0 Å².